The molecule has 0 heterocycles. The molecule has 0 aromatic heterocycles. The van der Waals surface area contributed by atoms with Crippen molar-refractivity contribution in [2.24, 2.45) is 0 Å². The number of nitrogens with one attached hydrogen (secondary N) is 1. The molecular weight excluding hydrogens is 222 g/mol. The zero-order valence-corrected chi connectivity index (χ0v) is 11.6. The van der Waals surface area contributed by atoms with Gasteiger partial charge < -0.3 is 10.4 Å². The zero-order chi connectivity index (χ0) is 13.0. The molecule has 2 nitrogen and oxygen atoms in total. The molecule has 2 heteroatoms. The van der Waals surface area contributed by atoms with Crippen LogP contribution in [0.5, 0.6) is 0 Å². The molecule has 0 saturated heterocycles. The lowest BCUT2D eigenvalue weighted by Gasteiger charge is -2.32. The summed E-state index contributed by atoms with van der Waals surface area (Å²) in [5.74, 6) is 0. The molecule has 2 aliphatic rings. The fourth-order valence-corrected chi connectivity index (χ4v) is 3.26. The van der Waals surface area contributed by atoms with E-state index in [1.165, 1.54) is 17.6 Å². The van der Waals surface area contributed by atoms with E-state index < -0.39 is 0 Å². The van der Waals surface area contributed by atoms with E-state index in [0.717, 1.165) is 32.1 Å². The average molecular weight is 247 g/mol. The van der Waals surface area contributed by atoms with E-state index >= 15 is 0 Å². The Bertz CT molecular complexity index is 381. The number of rotatable bonds is 4. The summed E-state index contributed by atoms with van der Waals surface area (Å²) in [6, 6.07) is 0. The Balaban J connectivity index is 2.12. The van der Waals surface area contributed by atoms with E-state index in [9.17, 15) is 5.11 Å². The van der Waals surface area contributed by atoms with Crippen molar-refractivity contribution >= 4 is 0 Å². The summed E-state index contributed by atoms with van der Waals surface area (Å²) < 4.78 is 0. The SMILES string of the molecule is C/C=C(\CC1=CCCC=C1)C1(NC)CCC(O)C1. The van der Waals surface area contributed by atoms with Crippen LogP contribution in [0.1, 0.15) is 45.4 Å². The molecule has 0 aliphatic heterocycles. The normalized spacial score (nSPS) is 32.7. The van der Waals surface area contributed by atoms with E-state index in [-0.39, 0.29) is 11.6 Å². The third kappa shape index (κ3) is 2.76. The second kappa shape index (κ2) is 5.85. The zero-order valence-electron chi connectivity index (χ0n) is 11.6. The van der Waals surface area contributed by atoms with Crippen LogP contribution in [-0.2, 0) is 0 Å². The lowest BCUT2D eigenvalue weighted by Crippen LogP contribution is -2.43. The number of aliphatic hydroxyl groups is 1. The van der Waals surface area contributed by atoms with Gasteiger partial charge in [-0.3, -0.25) is 0 Å². The second-order valence-electron chi connectivity index (χ2n) is 5.48. The van der Waals surface area contributed by atoms with Crippen molar-refractivity contribution in [2.75, 3.05) is 7.05 Å². The van der Waals surface area contributed by atoms with Gasteiger partial charge in [-0.05, 0) is 58.1 Å². The first-order valence-electron chi connectivity index (χ1n) is 7.08. The minimum absolute atomic E-state index is 0.0142. The van der Waals surface area contributed by atoms with E-state index in [1.54, 1.807) is 0 Å². The number of allylic oxidation sites excluding steroid dienone is 5. The van der Waals surface area contributed by atoms with Gasteiger partial charge in [0.25, 0.3) is 0 Å². The molecule has 100 valence electrons. The Labute approximate surface area is 110 Å². The summed E-state index contributed by atoms with van der Waals surface area (Å²) in [7, 11) is 2.02. The summed E-state index contributed by atoms with van der Waals surface area (Å²) in [6.07, 6.45) is 15.1. The largest absolute Gasteiger partial charge is 0.393 e. The third-order valence-corrected chi connectivity index (χ3v) is 4.40. The van der Waals surface area contributed by atoms with Crippen LogP contribution in [0.2, 0.25) is 0 Å². The van der Waals surface area contributed by atoms with Gasteiger partial charge in [-0.15, -0.1) is 0 Å². The van der Waals surface area contributed by atoms with Crippen LogP contribution in [0.25, 0.3) is 0 Å². The molecular formula is C16H25NO. The molecule has 0 spiro atoms. The van der Waals surface area contributed by atoms with Crippen molar-refractivity contribution in [3.05, 3.63) is 35.5 Å². The van der Waals surface area contributed by atoms with Crippen molar-refractivity contribution in [1.29, 1.82) is 0 Å². The predicted molar refractivity (Wildman–Crippen MR) is 76.5 cm³/mol. The number of likely N-dealkylation sites (N-methyl/N-ethyl adjacent to an activating group) is 1. The first kappa shape index (κ1) is 13.6. The summed E-state index contributed by atoms with van der Waals surface area (Å²) in [6.45, 7) is 2.12. The molecule has 2 aliphatic carbocycles. The molecule has 1 fully saturated rings. The van der Waals surface area contributed by atoms with Gasteiger partial charge in [-0.1, -0.05) is 29.9 Å². The van der Waals surface area contributed by atoms with Crippen molar-refractivity contribution in [1.82, 2.24) is 5.32 Å². The monoisotopic (exact) mass is 247 g/mol. The molecule has 18 heavy (non-hydrogen) atoms. The van der Waals surface area contributed by atoms with Crippen LogP contribution in [0.3, 0.4) is 0 Å². The molecule has 2 rings (SSSR count). The van der Waals surface area contributed by atoms with Gasteiger partial charge in [-0.2, -0.15) is 0 Å². The minimum atomic E-state index is -0.150. The molecule has 0 aromatic rings. The fraction of sp³-hybridized carbons (Fsp3) is 0.625. The van der Waals surface area contributed by atoms with Crippen LogP contribution in [0.4, 0.5) is 0 Å². The highest BCUT2D eigenvalue weighted by atomic mass is 16.3. The molecule has 0 aromatic carbocycles. The molecule has 1 saturated carbocycles. The molecule has 2 N–H and O–H groups in total. The maximum absolute atomic E-state index is 9.85. The van der Waals surface area contributed by atoms with Crippen LogP contribution in [0, 0.1) is 0 Å². The third-order valence-electron chi connectivity index (χ3n) is 4.40. The fourth-order valence-electron chi connectivity index (χ4n) is 3.26. The van der Waals surface area contributed by atoms with E-state index in [1.807, 2.05) is 7.05 Å². The Hall–Kier alpha value is -0.860. The highest BCUT2D eigenvalue weighted by molar-refractivity contribution is 5.33. The summed E-state index contributed by atoms with van der Waals surface area (Å²) in [5, 5.41) is 13.3. The van der Waals surface area contributed by atoms with Gasteiger partial charge in [0.05, 0.1) is 6.10 Å². The highest BCUT2D eigenvalue weighted by Gasteiger charge is 2.39. The van der Waals surface area contributed by atoms with Gasteiger partial charge >= 0.3 is 0 Å². The summed E-state index contributed by atoms with van der Waals surface area (Å²) in [4.78, 5) is 0. The van der Waals surface area contributed by atoms with Gasteiger partial charge in [-0.25, -0.2) is 0 Å². The van der Waals surface area contributed by atoms with Crippen LogP contribution in [-0.4, -0.2) is 23.8 Å². The quantitative estimate of drug-likeness (QED) is 0.748. The lowest BCUT2D eigenvalue weighted by atomic mass is 9.83. The number of hydrogen-bond donors (Lipinski definition) is 2. The molecule has 2 atom stereocenters. The second-order valence-corrected chi connectivity index (χ2v) is 5.48. The predicted octanol–water partition coefficient (Wildman–Crippen LogP) is 3.10. The van der Waals surface area contributed by atoms with Crippen molar-refractivity contribution in [3.8, 4) is 0 Å². The minimum Gasteiger partial charge on any atom is -0.393 e. The molecule has 2 unspecified atom stereocenters. The highest BCUT2D eigenvalue weighted by Crippen LogP contribution is 2.38. The Kier molecular flexibility index (Phi) is 4.41. The Morgan fingerprint density at radius 1 is 1.56 bits per heavy atom. The molecule has 0 amide bonds. The van der Waals surface area contributed by atoms with Crippen molar-refractivity contribution in [3.63, 3.8) is 0 Å². The molecule has 0 radical (unpaired) electrons. The van der Waals surface area contributed by atoms with Gasteiger partial charge in [0.1, 0.15) is 0 Å². The van der Waals surface area contributed by atoms with E-state index in [0.29, 0.717) is 0 Å². The molecule has 0 bridgehead atoms. The van der Waals surface area contributed by atoms with Crippen LogP contribution < -0.4 is 5.32 Å². The van der Waals surface area contributed by atoms with Crippen molar-refractivity contribution < 1.29 is 5.11 Å². The first-order valence-corrected chi connectivity index (χ1v) is 7.08. The lowest BCUT2D eigenvalue weighted by molar-refractivity contribution is 0.173. The van der Waals surface area contributed by atoms with E-state index in [4.69, 9.17) is 0 Å². The maximum atomic E-state index is 9.85. The maximum Gasteiger partial charge on any atom is 0.0561 e. The number of aliphatic hydroxyl groups excluding tert-OH is 1. The van der Waals surface area contributed by atoms with E-state index in [2.05, 4.69) is 36.5 Å². The van der Waals surface area contributed by atoms with Gasteiger partial charge in [0.15, 0.2) is 0 Å². The first-order chi connectivity index (χ1) is 8.70. The van der Waals surface area contributed by atoms with Gasteiger partial charge in [0.2, 0.25) is 0 Å². The van der Waals surface area contributed by atoms with Crippen LogP contribution >= 0.6 is 0 Å². The van der Waals surface area contributed by atoms with Gasteiger partial charge in [0, 0.05) is 5.54 Å². The van der Waals surface area contributed by atoms with Crippen molar-refractivity contribution in [2.45, 2.75) is 57.1 Å². The smallest absolute Gasteiger partial charge is 0.0561 e. The Morgan fingerprint density at radius 3 is 2.89 bits per heavy atom. The van der Waals surface area contributed by atoms with Crippen LogP contribution in [0.15, 0.2) is 35.5 Å². The summed E-state index contributed by atoms with van der Waals surface area (Å²) >= 11 is 0. The number of hydrogen-bond acceptors (Lipinski definition) is 2. The topological polar surface area (TPSA) is 32.3 Å². The average Bonchev–Trinajstić information content (AvgIpc) is 2.80. The standard InChI is InChI=1S/C16H25NO/c1-3-14(11-13-7-5-4-6-8-13)16(17-2)10-9-15(18)12-16/h3,5,7-8,15,17-18H,4,6,9-12H2,1-2H3/b14-3+. The Morgan fingerprint density at radius 2 is 2.39 bits per heavy atom. The summed E-state index contributed by atoms with van der Waals surface area (Å²) in [5.41, 5.74) is 2.87.